The summed E-state index contributed by atoms with van der Waals surface area (Å²) in [6.45, 7) is 1.88. The van der Waals surface area contributed by atoms with Crippen LogP contribution in [0.15, 0.2) is 22.6 Å². The zero-order chi connectivity index (χ0) is 7.84. The molecule has 1 radical (unpaired) electrons. The molecule has 11 heavy (non-hydrogen) atoms. The molecule has 0 unspecified atom stereocenters. The lowest BCUT2D eigenvalue weighted by Gasteiger charge is -1.88. The minimum atomic E-state index is -0.278. The largest absolute Gasteiger partial charge is 0.452 e. The highest BCUT2D eigenvalue weighted by molar-refractivity contribution is 5.80. The van der Waals surface area contributed by atoms with Gasteiger partial charge >= 0.3 is 0 Å². The van der Waals surface area contributed by atoms with Crippen LogP contribution in [-0.4, -0.2) is 0 Å². The SMILES string of the molecule is Cc1[c]oc2cc(F)ccc12. The summed E-state index contributed by atoms with van der Waals surface area (Å²) in [7, 11) is 0. The van der Waals surface area contributed by atoms with Crippen LogP contribution in [0.2, 0.25) is 0 Å². The molecule has 0 N–H and O–H groups in total. The number of benzene rings is 1. The first-order valence-corrected chi connectivity index (χ1v) is 3.34. The van der Waals surface area contributed by atoms with E-state index in [2.05, 4.69) is 6.26 Å². The molecule has 0 aliphatic carbocycles. The fourth-order valence-electron chi connectivity index (χ4n) is 1.08. The normalized spacial score (nSPS) is 10.7. The quantitative estimate of drug-likeness (QED) is 0.561. The number of fused-ring (bicyclic) bond motifs is 1. The Morgan fingerprint density at radius 2 is 2.27 bits per heavy atom. The molecule has 55 valence electrons. The summed E-state index contributed by atoms with van der Waals surface area (Å²) >= 11 is 0. The lowest BCUT2D eigenvalue weighted by molar-refractivity contribution is 0.590. The maximum absolute atomic E-state index is 12.6. The van der Waals surface area contributed by atoms with Crippen molar-refractivity contribution in [2.45, 2.75) is 6.92 Å². The number of furan rings is 1. The van der Waals surface area contributed by atoms with E-state index in [9.17, 15) is 4.39 Å². The number of rotatable bonds is 0. The molecule has 2 rings (SSSR count). The molecule has 0 fully saturated rings. The zero-order valence-electron chi connectivity index (χ0n) is 6.02. The first kappa shape index (κ1) is 6.40. The van der Waals surface area contributed by atoms with Gasteiger partial charge in [-0.05, 0) is 19.1 Å². The summed E-state index contributed by atoms with van der Waals surface area (Å²) in [6, 6.07) is 4.47. The van der Waals surface area contributed by atoms with E-state index in [4.69, 9.17) is 4.42 Å². The standard InChI is InChI=1S/C9H6FO/c1-6-5-11-9-4-7(10)2-3-8(6)9/h2-4H,1H3. The number of aryl methyl sites for hydroxylation is 1. The second-order valence-electron chi connectivity index (χ2n) is 2.47. The van der Waals surface area contributed by atoms with Gasteiger partial charge in [-0.1, -0.05) is 0 Å². The Labute approximate surface area is 63.4 Å². The molecule has 0 saturated heterocycles. The van der Waals surface area contributed by atoms with Crippen molar-refractivity contribution in [2.75, 3.05) is 0 Å². The van der Waals surface area contributed by atoms with Gasteiger partial charge in [0, 0.05) is 17.0 Å². The molecule has 0 bridgehead atoms. The molecule has 1 nitrogen and oxygen atoms in total. The molecular weight excluding hydrogens is 143 g/mol. The molecule has 0 aliphatic heterocycles. The van der Waals surface area contributed by atoms with E-state index >= 15 is 0 Å². The first-order valence-electron chi connectivity index (χ1n) is 3.34. The van der Waals surface area contributed by atoms with Gasteiger partial charge < -0.3 is 4.42 Å². The van der Waals surface area contributed by atoms with E-state index < -0.39 is 0 Å². The van der Waals surface area contributed by atoms with Gasteiger partial charge in [0.1, 0.15) is 11.4 Å². The van der Waals surface area contributed by atoms with E-state index in [1.54, 1.807) is 6.07 Å². The van der Waals surface area contributed by atoms with Crippen molar-refractivity contribution in [2.24, 2.45) is 0 Å². The van der Waals surface area contributed by atoms with Crippen molar-refractivity contribution in [1.82, 2.24) is 0 Å². The van der Waals surface area contributed by atoms with Crippen LogP contribution in [-0.2, 0) is 0 Å². The van der Waals surface area contributed by atoms with Gasteiger partial charge in [0.25, 0.3) is 0 Å². The molecule has 0 atom stereocenters. The number of hydrogen-bond donors (Lipinski definition) is 0. The fraction of sp³-hybridized carbons (Fsp3) is 0.111. The van der Waals surface area contributed by atoms with Crippen molar-refractivity contribution in [3.8, 4) is 0 Å². The van der Waals surface area contributed by atoms with Gasteiger partial charge in [-0.3, -0.25) is 0 Å². The van der Waals surface area contributed by atoms with Gasteiger partial charge in [0.2, 0.25) is 0 Å². The summed E-state index contributed by atoms with van der Waals surface area (Å²) in [5.74, 6) is -0.278. The highest BCUT2D eigenvalue weighted by atomic mass is 19.1. The molecule has 2 heteroatoms. The minimum absolute atomic E-state index is 0.278. The van der Waals surface area contributed by atoms with Crippen molar-refractivity contribution in [1.29, 1.82) is 0 Å². The predicted octanol–water partition coefficient (Wildman–Crippen LogP) is 2.68. The van der Waals surface area contributed by atoms with Crippen LogP contribution in [0.3, 0.4) is 0 Å². The molecule has 0 amide bonds. The van der Waals surface area contributed by atoms with Crippen LogP contribution < -0.4 is 0 Å². The Hall–Kier alpha value is -1.31. The molecule has 1 aromatic carbocycles. The highest BCUT2D eigenvalue weighted by Crippen LogP contribution is 2.19. The third-order valence-corrected chi connectivity index (χ3v) is 1.66. The molecule has 0 saturated carbocycles. The molecule has 2 aromatic rings. The Kier molecular flexibility index (Phi) is 1.22. The van der Waals surface area contributed by atoms with Crippen molar-refractivity contribution < 1.29 is 8.81 Å². The summed E-state index contributed by atoms with van der Waals surface area (Å²) in [5.41, 5.74) is 1.47. The van der Waals surface area contributed by atoms with E-state index in [-0.39, 0.29) is 5.82 Å². The van der Waals surface area contributed by atoms with Crippen molar-refractivity contribution in [3.05, 3.63) is 35.8 Å². The maximum Gasteiger partial charge on any atom is 0.173 e. The van der Waals surface area contributed by atoms with Crippen LogP contribution in [0.5, 0.6) is 0 Å². The summed E-state index contributed by atoms with van der Waals surface area (Å²) in [6.07, 6.45) is 2.66. The Bertz CT molecular complexity index is 389. The molecule has 1 aromatic heterocycles. The minimum Gasteiger partial charge on any atom is -0.452 e. The van der Waals surface area contributed by atoms with Gasteiger partial charge in [-0.25, -0.2) is 4.39 Å². The zero-order valence-corrected chi connectivity index (χ0v) is 6.02. The molecule has 0 aliphatic rings. The highest BCUT2D eigenvalue weighted by Gasteiger charge is 2.02. The van der Waals surface area contributed by atoms with Crippen molar-refractivity contribution in [3.63, 3.8) is 0 Å². The average molecular weight is 149 g/mol. The molecular formula is C9H6FO. The van der Waals surface area contributed by atoms with Gasteiger partial charge in [-0.2, -0.15) is 0 Å². The summed E-state index contributed by atoms with van der Waals surface area (Å²) in [4.78, 5) is 0. The summed E-state index contributed by atoms with van der Waals surface area (Å²) < 4.78 is 17.5. The maximum atomic E-state index is 12.6. The lowest BCUT2D eigenvalue weighted by atomic mass is 10.2. The Morgan fingerprint density at radius 3 is 3.09 bits per heavy atom. The van der Waals surface area contributed by atoms with Crippen LogP contribution >= 0.6 is 0 Å². The lowest BCUT2D eigenvalue weighted by Crippen LogP contribution is -1.71. The smallest absolute Gasteiger partial charge is 0.173 e. The second kappa shape index (κ2) is 2.09. The molecule has 1 heterocycles. The Balaban J connectivity index is 2.86. The first-order chi connectivity index (χ1) is 5.27. The van der Waals surface area contributed by atoms with E-state index in [0.29, 0.717) is 5.58 Å². The van der Waals surface area contributed by atoms with Crippen LogP contribution in [0, 0.1) is 19.0 Å². The summed E-state index contributed by atoms with van der Waals surface area (Å²) in [5, 5.41) is 0.923. The van der Waals surface area contributed by atoms with Crippen LogP contribution in [0.1, 0.15) is 5.56 Å². The van der Waals surface area contributed by atoms with Crippen LogP contribution in [0.4, 0.5) is 4.39 Å². The third kappa shape index (κ3) is 0.909. The van der Waals surface area contributed by atoms with E-state index in [1.165, 1.54) is 12.1 Å². The average Bonchev–Trinajstić information content (AvgIpc) is 2.32. The van der Waals surface area contributed by atoms with Gasteiger partial charge in [0.15, 0.2) is 6.26 Å². The monoisotopic (exact) mass is 149 g/mol. The second-order valence-corrected chi connectivity index (χ2v) is 2.47. The van der Waals surface area contributed by atoms with E-state index in [1.807, 2.05) is 6.92 Å². The topological polar surface area (TPSA) is 13.1 Å². The Morgan fingerprint density at radius 1 is 1.45 bits per heavy atom. The number of halogens is 1. The van der Waals surface area contributed by atoms with Crippen molar-refractivity contribution >= 4 is 11.0 Å². The van der Waals surface area contributed by atoms with Gasteiger partial charge in [0.05, 0.1) is 0 Å². The predicted molar refractivity (Wildman–Crippen MR) is 39.7 cm³/mol. The fourth-order valence-corrected chi connectivity index (χ4v) is 1.08. The van der Waals surface area contributed by atoms with E-state index in [0.717, 1.165) is 10.9 Å². The van der Waals surface area contributed by atoms with Crippen LogP contribution in [0.25, 0.3) is 11.0 Å². The third-order valence-electron chi connectivity index (χ3n) is 1.66. The number of hydrogen-bond acceptors (Lipinski definition) is 1. The van der Waals surface area contributed by atoms with Gasteiger partial charge in [-0.15, -0.1) is 0 Å². The molecule has 0 spiro atoms.